The molecule has 1 aliphatic heterocycles. The summed E-state index contributed by atoms with van der Waals surface area (Å²) in [5.74, 6) is -0.178. The van der Waals surface area contributed by atoms with Crippen molar-refractivity contribution in [3.8, 4) is 0 Å². The van der Waals surface area contributed by atoms with Crippen molar-refractivity contribution in [1.29, 1.82) is 0 Å². The highest BCUT2D eigenvalue weighted by Gasteiger charge is 2.34. The number of likely N-dealkylation sites (tertiary alicyclic amines) is 1. The lowest BCUT2D eigenvalue weighted by molar-refractivity contribution is -0.138. The van der Waals surface area contributed by atoms with Crippen LogP contribution in [-0.2, 0) is 14.4 Å². The Morgan fingerprint density at radius 2 is 1.95 bits per heavy atom. The molecule has 2 unspecified atom stereocenters. The summed E-state index contributed by atoms with van der Waals surface area (Å²) >= 11 is 0. The van der Waals surface area contributed by atoms with Gasteiger partial charge in [0.1, 0.15) is 12.1 Å². The summed E-state index contributed by atoms with van der Waals surface area (Å²) in [4.78, 5) is 37.5. The van der Waals surface area contributed by atoms with Crippen LogP contribution in [0.4, 0.5) is 0 Å². The van der Waals surface area contributed by atoms with E-state index in [1.54, 1.807) is 4.90 Å². The minimum atomic E-state index is -0.535. The number of carbonyl (C=O) groups excluding carboxylic acids is 3. The summed E-state index contributed by atoms with van der Waals surface area (Å²) in [5.41, 5.74) is 0. The molecule has 0 radical (unpaired) electrons. The van der Waals surface area contributed by atoms with Gasteiger partial charge in [0.2, 0.25) is 17.7 Å². The Morgan fingerprint density at radius 1 is 1.29 bits per heavy atom. The van der Waals surface area contributed by atoms with Crippen molar-refractivity contribution in [2.45, 2.75) is 59.0 Å². The van der Waals surface area contributed by atoms with E-state index in [4.69, 9.17) is 0 Å². The smallest absolute Gasteiger partial charge is 0.243 e. The standard InChI is InChI=1S/C15H27N3O3/c1-5-16-14(20)12(9-10(2)3)17-15(21)13-7-6-8-18(13)11(4)19/h10,12-13H,5-9H2,1-4H3,(H,16,20)(H,17,21). The van der Waals surface area contributed by atoms with Gasteiger partial charge in [-0.2, -0.15) is 0 Å². The number of nitrogens with zero attached hydrogens (tertiary/aromatic N) is 1. The van der Waals surface area contributed by atoms with Gasteiger partial charge in [-0.15, -0.1) is 0 Å². The lowest BCUT2D eigenvalue weighted by Crippen LogP contribution is -2.53. The van der Waals surface area contributed by atoms with Crippen molar-refractivity contribution in [2.75, 3.05) is 13.1 Å². The van der Waals surface area contributed by atoms with Gasteiger partial charge in [0, 0.05) is 20.0 Å². The molecule has 0 aromatic carbocycles. The predicted octanol–water partition coefficient (Wildman–Crippen LogP) is 0.664. The number of nitrogens with one attached hydrogen (secondary N) is 2. The first kappa shape index (κ1) is 17.5. The third-order valence-corrected chi connectivity index (χ3v) is 3.65. The molecule has 0 aromatic rings. The summed E-state index contributed by atoms with van der Waals surface area (Å²) < 4.78 is 0. The number of carbonyl (C=O) groups is 3. The highest BCUT2D eigenvalue weighted by atomic mass is 16.2. The van der Waals surface area contributed by atoms with E-state index < -0.39 is 12.1 Å². The maximum atomic E-state index is 12.4. The highest BCUT2D eigenvalue weighted by molar-refractivity contribution is 5.92. The zero-order valence-electron chi connectivity index (χ0n) is 13.4. The fourth-order valence-electron chi connectivity index (χ4n) is 2.68. The fraction of sp³-hybridized carbons (Fsp3) is 0.800. The van der Waals surface area contributed by atoms with Gasteiger partial charge in [-0.1, -0.05) is 13.8 Å². The molecular formula is C15H27N3O3. The van der Waals surface area contributed by atoms with Crippen molar-refractivity contribution >= 4 is 17.7 Å². The minimum absolute atomic E-state index is 0.0916. The molecule has 0 saturated carbocycles. The topological polar surface area (TPSA) is 78.5 Å². The van der Waals surface area contributed by atoms with Crippen LogP contribution in [0.3, 0.4) is 0 Å². The number of likely N-dealkylation sites (N-methyl/N-ethyl adjacent to an activating group) is 1. The zero-order chi connectivity index (χ0) is 16.0. The maximum absolute atomic E-state index is 12.4. The molecule has 2 atom stereocenters. The normalized spacial score (nSPS) is 19.5. The van der Waals surface area contributed by atoms with Crippen LogP contribution in [0.15, 0.2) is 0 Å². The second-order valence-electron chi connectivity index (χ2n) is 5.96. The first-order valence-corrected chi connectivity index (χ1v) is 7.72. The van der Waals surface area contributed by atoms with Gasteiger partial charge in [0.15, 0.2) is 0 Å². The van der Waals surface area contributed by atoms with Crippen LogP contribution in [-0.4, -0.2) is 47.8 Å². The Balaban J connectivity index is 2.70. The van der Waals surface area contributed by atoms with E-state index in [0.717, 1.165) is 6.42 Å². The molecule has 1 saturated heterocycles. The Kier molecular flexibility index (Phi) is 6.65. The van der Waals surface area contributed by atoms with Crippen molar-refractivity contribution in [3.63, 3.8) is 0 Å². The Morgan fingerprint density at radius 3 is 2.48 bits per heavy atom. The maximum Gasteiger partial charge on any atom is 0.243 e. The first-order valence-electron chi connectivity index (χ1n) is 7.72. The van der Waals surface area contributed by atoms with Crippen LogP contribution >= 0.6 is 0 Å². The molecule has 1 aliphatic rings. The molecule has 1 fully saturated rings. The highest BCUT2D eigenvalue weighted by Crippen LogP contribution is 2.18. The van der Waals surface area contributed by atoms with Gasteiger partial charge in [-0.3, -0.25) is 14.4 Å². The third-order valence-electron chi connectivity index (χ3n) is 3.65. The molecule has 0 spiro atoms. The molecule has 0 aliphatic carbocycles. The molecule has 120 valence electrons. The van der Waals surface area contributed by atoms with E-state index in [9.17, 15) is 14.4 Å². The fourth-order valence-corrected chi connectivity index (χ4v) is 2.68. The molecule has 0 aromatic heterocycles. The van der Waals surface area contributed by atoms with Crippen LogP contribution in [0, 0.1) is 5.92 Å². The average molecular weight is 297 g/mol. The second-order valence-corrected chi connectivity index (χ2v) is 5.96. The minimum Gasteiger partial charge on any atom is -0.355 e. The van der Waals surface area contributed by atoms with Crippen molar-refractivity contribution in [2.24, 2.45) is 5.92 Å². The lowest BCUT2D eigenvalue weighted by Gasteiger charge is -2.26. The third kappa shape index (κ3) is 5.02. The quantitative estimate of drug-likeness (QED) is 0.756. The van der Waals surface area contributed by atoms with Gasteiger partial charge in [-0.25, -0.2) is 0 Å². The Bertz CT molecular complexity index is 396. The van der Waals surface area contributed by atoms with Crippen LogP contribution in [0.25, 0.3) is 0 Å². The van der Waals surface area contributed by atoms with E-state index in [0.29, 0.717) is 31.8 Å². The molecule has 6 nitrogen and oxygen atoms in total. The van der Waals surface area contributed by atoms with Gasteiger partial charge in [0.05, 0.1) is 0 Å². The molecule has 21 heavy (non-hydrogen) atoms. The predicted molar refractivity (Wildman–Crippen MR) is 80.5 cm³/mol. The Labute approximate surface area is 126 Å². The van der Waals surface area contributed by atoms with E-state index in [-0.39, 0.29) is 17.7 Å². The van der Waals surface area contributed by atoms with Gasteiger partial charge in [-0.05, 0) is 32.1 Å². The average Bonchev–Trinajstić information content (AvgIpc) is 2.87. The summed E-state index contributed by atoms with van der Waals surface area (Å²) in [6, 6.07) is -0.974. The Hall–Kier alpha value is -1.59. The molecule has 2 N–H and O–H groups in total. The second kappa shape index (κ2) is 8.00. The number of amides is 3. The monoisotopic (exact) mass is 297 g/mol. The number of hydrogen-bond donors (Lipinski definition) is 2. The summed E-state index contributed by atoms with van der Waals surface area (Å²) in [6.07, 6.45) is 2.08. The van der Waals surface area contributed by atoms with Crippen molar-refractivity contribution in [3.05, 3.63) is 0 Å². The van der Waals surface area contributed by atoms with Crippen LogP contribution < -0.4 is 10.6 Å². The van der Waals surface area contributed by atoms with E-state index in [1.807, 2.05) is 20.8 Å². The molecule has 1 heterocycles. The van der Waals surface area contributed by atoms with Gasteiger partial charge >= 0.3 is 0 Å². The number of hydrogen-bond acceptors (Lipinski definition) is 3. The van der Waals surface area contributed by atoms with Crippen molar-refractivity contribution < 1.29 is 14.4 Å². The van der Waals surface area contributed by atoms with Crippen LogP contribution in [0.1, 0.15) is 47.0 Å². The summed E-state index contributed by atoms with van der Waals surface area (Å²) in [6.45, 7) is 8.49. The van der Waals surface area contributed by atoms with Crippen molar-refractivity contribution in [1.82, 2.24) is 15.5 Å². The van der Waals surface area contributed by atoms with Gasteiger partial charge < -0.3 is 15.5 Å². The van der Waals surface area contributed by atoms with E-state index >= 15 is 0 Å². The molecule has 1 rings (SSSR count). The first-order chi connectivity index (χ1) is 9.86. The van der Waals surface area contributed by atoms with Gasteiger partial charge in [0.25, 0.3) is 0 Å². The van der Waals surface area contributed by atoms with E-state index in [2.05, 4.69) is 10.6 Å². The molecule has 6 heteroatoms. The van der Waals surface area contributed by atoms with E-state index in [1.165, 1.54) is 6.92 Å². The zero-order valence-corrected chi connectivity index (χ0v) is 13.4. The lowest BCUT2D eigenvalue weighted by atomic mass is 10.0. The van der Waals surface area contributed by atoms with Crippen LogP contribution in [0.2, 0.25) is 0 Å². The largest absolute Gasteiger partial charge is 0.355 e. The molecule has 3 amide bonds. The molecule has 0 bridgehead atoms. The summed E-state index contributed by atoms with van der Waals surface area (Å²) in [7, 11) is 0. The molecular weight excluding hydrogens is 270 g/mol. The van der Waals surface area contributed by atoms with Crippen LogP contribution in [0.5, 0.6) is 0 Å². The number of rotatable bonds is 6. The summed E-state index contributed by atoms with van der Waals surface area (Å²) in [5, 5.41) is 5.56. The SMILES string of the molecule is CCNC(=O)C(CC(C)C)NC(=O)C1CCCN1C(C)=O.